The molecule has 1 nitrogen and oxygen atoms in total. The fourth-order valence-corrected chi connectivity index (χ4v) is 4.59. The van der Waals surface area contributed by atoms with Gasteiger partial charge in [0.1, 0.15) is 11.6 Å². The molecule has 180 valence electrons. The summed E-state index contributed by atoms with van der Waals surface area (Å²) in [6, 6.07) is 12.2. The van der Waals surface area contributed by atoms with Gasteiger partial charge in [0.15, 0.2) is 11.6 Å². The Bertz CT molecular complexity index is 1150. The first-order valence-electron chi connectivity index (χ1n) is 11.3. The monoisotopic (exact) mass is 478 g/mol. The van der Waals surface area contributed by atoms with Crippen molar-refractivity contribution in [2.75, 3.05) is 0 Å². The Balaban J connectivity index is 1.61. The predicted molar refractivity (Wildman–Crippen MR) is 118 cm³/mol. The van der Waals surface area contributed by atoms with E-state index in [2.05, 4.69) is 11.7 Å². The number of rotatable bonds is 6. The zero-order valence-electron chi connectivity index (χ0n) is 18.6. The molecule has 0 aliphatic heterocycles. The van der Waals surface area contributed by atoms with Crippen LogP contribution in [0.25, 0.3) is 11.1 Å². The van der Waals surface area contributed by atoms with E-state index in [1.807, 2.05) is 24.3 Å². The second-order valence-corrected chi connectivity index (χ2v) is 8.63. The summed E-state index contributed by atoms with van der Waals surface area (Å²) in [6.07, 6.45) is -0.693. The highest BCUT2D eigenvalue weighted by Crippen LogP contribution is 2.40. The number of aryl methyl sites for hydroxylation is 1. The summed E-state index contributed by atoms with van der Waals surface area (Å²) in [5.41, 5.74) is 1.75. The molecule has 0 spiro atoms. The van der Waals surface area contributed by atoms with E-state index in [0.717, 1.165) is 49.1 Å². The fraction of sp³-hybridized carbons (Fsp3) is 0.333. The molecule has 0 aromatic heterocycles. The average Bonchev–Trinajstić information content (AvgIpc) is 2.81. The van der Waals surface area contributed by atoms with Crippen LogP contribution in [-0.2, 0) is 19.3 Å². The van der Waals surface area contributed by atoms with Crippen LogP contribution in [0.3, 0.4) is 0 Å². The molecule has 7 heteroatoms. The maximum absolute atomic E-state index is 15.3. The Hall–Kier alpha value is -2.96. The van der Waals surface area contributed by atoms with Crippen LogP contribution in [-0.4, -0.2) is 6.36 Å². The normalized spacial score (nSPS) is 15.8. The van der Waals surface area contributed by atoms with E-state index in [1.54, 1.807) is 0 Å². The van der Waals surface area contributed by atoms with Crippen LogP contribution in [0.5, 0.6) is 5.75 Å². The number of benzene rings is 3. The van der Waals surface area contributed by atoms with Crippen molar-refractivity contribution in [2.24, 2.45) is 0 Å². The molecule has 0 fully saturated rings. The largest absolute Gasteiger partial charge is 0.573 e. The van der Waals surface area contributed by atoms with Crippen molar-refractivity contribution >= 4 is 0 Å². The van der Waals surface area contributed by atoms with E-state index in [1.165, 1.54) is 5.56 Å². The third-order valence-electron chi connectivity index (χ3n) is 6.37. The lowest BCUT2D eigenvalue weighted by molar-refractivity contribution is -0.274. The molecule has 34 heavy (non-hydrogen) atoms. The highest BCUT2D eigenvalue weighted by Gasteiger charge is 2.32. The second-order valence-electron chi connectivity index (χ2n) is 8.63. The van der Waals surface area contributed by atoms with Gasteiger partial charge in [-0.1, -0.05) is 49.7 Å². The zero-order valence-corrected chi connectivity index (χ0v) is 18.6. The predicted octanol–water partition coefficient (Wildman–Crippen LogP) is 8.28. The first kappa shape index (κ1) is 24.2. The van der Waals surface area contributed by atoms with Gasteiger partial charge >= 0.3 is 6.36 Å². The van der Waals surface area contributed by atoms with Gasteiger partial charge in [0, 0.05) is 0 Å². The number of hydrogen-bond acceptors (Lipinski definition) is 1. The van der Waals surface area contributed by atoms with Gasteiger partial charge < -0.3 is 4.74 Å². The minimum atomic E-state index is -4.89. The van der Waals surface area contributed by atoms with Crippen molar-refractivity contribution in [3.05, 3.63) is 88.2 Å². The fourth-order valence-electron chi connectivity index (χ4n) is 4.59. The van der Waals surface area contributed by atoms with Crippen molar-refractivity contribution in [1.29, 1.82) is 0 Å². The van der Waals surface area contributed by atoms with Crippen molar-refractivity contribution in [3.63, 3.8) is 0 Å². The van der Waals surface area contributed by atoms with Gasteiger partial charge in [-0.3, -0.25) is 0 Å². The summed E-state index contributed by atoms with van der Waals surface area (Å²) in [7, 11) is 0. The number of fused-ring (bicyclic) bond motifs is 1. The lowest BCUT2D eigenvalue weighted by Gasteiger charge is -2.27. The first-order valence-corrected chi connectivity index (χ1v) is 11.3. The molecule has 1 aliphatic rings. The molecule has 0 bridgehead atoms. The Kier molecular flexibility index (Phi) is 6.91. The molecule has 0 radical (unpaired) electrons. The van der Waals surface area contributed by atoms with Crippen LogP contribution in [0, 0.1) is 17.5 Å². The van der Waals surface area contributed by atoms with Crippen molar-refractivity contribution in [3.8, 4) is 16.9 Å². The van der Waals surface area contributed by atoms with Crippen molar-refractivity contribution in [2.45, 2.75) is 57.7 Å². The molecule has 1 unspecified atom stereocenters. The molecule has 3 aromatic carbocycles. The molecule has 4 rings (SSSR count). The number of ether oxygens (including phenoxy) is 1. The third kappa shape index (κ3) is 5.08. The van der Waals surface area contributed by atoms with Crippen molar-refractivity contribution < 1.29 is 31.1 Å². The van der Waals surface area contributed by atoms with Crippen molar-refractivity contribution in [1.82, 2.24) is 0 Å². The molecule has 0 saturated carbocycles. The minimum Gasteiger partial charge on any atom is -0.406 e. The van der Waals surface area contributed by atoms with Gasteiger partial charge in [-0.25, -0.2) is 13.2 Å². The van der Waals surface area contributed by atoms with Gasteiger partial charge in [0.2, 0.25) is 0 Å². The van der Waals surface area contributed by atoms with Gasteiger partial charge in [0.25, 0.3) is 0 Å². The Labute approximate surface area is 194 Å². The van der Waals surface area contributed by atoms with Gasteiger partial charge in [-0.05, 0) is 78.0 Å². The topological polar surface area (TPSA) is 9.23 Å². The molecular formula is C27H24F6O. The van der Waals surface area contributed by atoms with Crippen LogP contribution in [0.2, 0.25) is 0 Å². The standard InChI is InChI=1S/C27H24F6O/c1-2-3-4-16-5-7-17(8-6-16)19-11-14-21-22(15-19)25(29)26(30)23(24(21)28)18-9-12-20(13-10-18)34-27(31,32)33/h5-10,12-13,19H,2-4,11,14-15H2,1H3. The molecule has 0 saturated heterocycles. The van der Waals surface area contributed by atoms with Gasteiger partial charge in [0.05, 0.1) is 5.56 Å². The lowest BCUT2D eigenvalue weighted by Crippen LogP contribution is -2.18. The minimum absolute atomic E-state index is 0.0297. The maximum Gasteiger partial charge on any atom is 0.573 e. The SMILES string of the molecule is CCCCc1ccc(C2CCc3c(F)c(-c4ccc(OC(F)(F)F)cc4)c(F)c(F)c3C2)cc1. The number of hydrogen-bond donors (Lipinski definition) is 0. The molecule has 1 atom stereocenters. The van der Waals surface area contributed by atoms with Gasteiger partial charge in [-0.15, -0.1) is 13.2 Å². The van der Waals surface area contributed by atoms with E-state index in [-0.39, 0.29) is 35.4 Å². The lowest BCUT2D eigenvalue weighted by atomic mass is 9.78. The summed E-state index contributed by atoms with van der Waals surface area (Å²) < 4.78 is 86.3. The van der Waals surface area contributed by atoms with Crippen LogP contribution in [0.15, 0.2) is 48.5 Å². The quantitative estimate of drug-likeness (QED) is 0.256. The highest BCUT2D eigenvalue weighted by molar-refractivity contribution is 5.68. The number of alkyl halides is 3. The summed E-state index contributed by atoms with van der Waals surface area (Å²) in [5, 5.41) is 0. The van der Waals surface area contributed by atoms with Gasteiger partial charge in [-0.2, -0.15) is 0 Å². The van der Waals surface area contributed by atoms with Crippen LogP contribution in [0.4, 0.5) is 26.3 Å². The van der Waals surface area contributed by atoms with E-state index < -0.39 is 35.1 Å². The van der Waals surface area contributed by atoms with E-state index in [0.29, 0.717) is 6.42 Å². The van der Waals surface area contributed by atoms with E-state index >= 15 is 8.78 Å². The number of halogens is 6. The molecule has 0 N–H and O–H groups in total. The highest BCUT2D eigenvalue weighted by atomic mass is 19.4. The maximum atomic E-state index is 15.3. The smallest absolute Gasteiger partial charge is 0.406 e. The second kappa shape index (κ2) is 9.72. The zero-order chi connectivity index (χ0) is 24.5. The van der Waals surface area contributed by atoms with Crippen LogP contribution in [0.1, 0.15) is 54.4 Å². The summed E-state index contributed by atoms with van der Waals surface area (Å²) >= 11 is 0. The van der Waals surface area contributed by atoms with E-state index in [9.17, 15) is 17.6 Å². The number of unbranched alkanes of at least 4 members (excludes halogenated alkanes) is 1. The third-order valence-corrected chi connectivity index (χ3v) is 6.37. The molecule has 1 aliphatic carbocycles. The molecule has 3 aromatic rings. The summed E-state index contributed by atoms with van der Waals surface area (Å²) in [5.74, 6) is -3.89. The first-order chi connectivity index (χ1) is 16.2. The van der Waals surface area contributed by atoms with E-state index in [4.69, 9.17) is 0 Å². The average molecular weight is 478 g/mol. The molecular weight excluding hydrogens is 454 g/mol. The summed E-state index contributed by atoms with van der Waals surface area (Å²) in [4.78, 5) is 0. The Morgan fingerprint density at radius 3 is 2.15 bits per heavy atom. The Morgan fingerprint density at radius 1 is 0.853 bits per heavy atom. The Morgan fingerprint density at radius 2 is 1.53 bits per heavy atom. The molecule has 0 heterocycles. The van der Waals surface area contributed by atoms with Crippen LogP contribution < -0.4 is 4.74 Å². The summed E-state index contributed by atoms with van der Waals surface area (Å²) in [6.45, 7) is 2.13. The van der Waals surface area contributed by atoms with Crippen LogP contribution >= 0.6 is 0 Å². The molecule has 0 amide bonds.